The molecule has 3 heteroatoms. The van der Waals surface area contributed by atoms with E-state index in [1.807, 2.05) is 43.3 Å². The molecule has 0 atom stereocenters. The molecule has 0 saturated heterocycles. The Morgan fingerprint density at radius 1 is 1.17 bits per heavy atom. The Bertz CT molecular complexity index is 540. The van der Waals surface area contributed by atoms with E-state index in [0.717, 1.165) is 28.0 Å². The highest BCUT2D eigenvalue weighted by Crippen LogP contribution is 2.27. The molecule has 0 heterocycles. The molecule has 2 nitrogen and oxygen atoms in total. The molecule has 0 aliphatic rings. The lowest BCUT2D eigenvalue weighted by Crippen LogP contribution is -2.02. The first-order chi connectivity index (χ1) is 8.69. The molecular weight excluding hydrogens is 290 g/mol. The van der Waals surface area contributed by atoms with Crippen LogP contribution < -0.4 is 10.5 Å². The van der Waals surface area contributed by atoms with E-state index in [2.05, 4.69) is 22.0 Å². The summed E-state index contributed by atoms with van der Waals surface area (Å²) >= 11 is 3.44. The van der Waals surface area contributed by atoms with Gasteiger partial charge in [0, 0.05) is 4.47 Å². The highest BCUT2D eigenvalue weighted by Gasteiger charge is 2.02. The first-order valence-electron chi connectivity index (χ1n) is 5.92. The molecule has 0 unspecified atom stereocenters. The molecular formula is C15H16BrNO. The van der Waals surface area contributed by atoms with Crippen molar-refractivity contribution >= 4 is 15.9 Å². The maximum absolute atomic E-state index is 5.89. The van der Waals surface area contributed by atoms with Crippen molar-refractivity contribution in [2.75, 3.05) is 6.54 Å². The molecule has 18 heavy (non-hydrogen) atoms. The van der Waals surface area contributed by atoms with Crippen LogP contribution in [-0.2, 0) is 6.42 Å². The maximum atomic E-state index is 5.89. The number of rotatable bonds is 4. The minimum Gasteiger partial charge on any atom is -0.457 e. The van der Waals surface area contributed by atoms with E-state index >= 15 is 0 Å². The van der Waals surface area contributed by atoms with Crippen molar-refractivity contribution in [1.29, 1.82) is 0 Å². The zero-order valence-corrected chi connectivity index (χ0v) is 11.9. The van der Waals surface area contributed by atoms with Crippen LogP contribution in [0.15, 0.2) is 46.9 Å². The average Bonchev–Trinajstić information content (AvgIpc) is 2.34. The first kappa shape index (κ1) is 13.1. The molecule has 2 N–H and O–H groups in total. The van der Waals surface area contributed by atoms with Crippen molar-refractivity contribution < 1.29 is 4.74 Å². The fourth-order valence-corrected chi connectivity index (χ4v) is 2.26. The van der Waals surface area contributed by atoms with E-state index in [4.69, 9.17) is 10.5 Å². The van der Waals surface area contributed by atoms with Crippen LogP contribution in [0.1, 0.15) is 11.1 Å². The van der Waals surface area contributed by atoms with Gasteiger partial charge in [-0.05, 0) is 61.3 Å². The Morgan fingerprint density at radius 3 is 2.72 bits per heavy atom. The van der Waals surface area contributed by atoms with Gasteiger partial charge in [-0.1, -0.05) is 28.1 Å². The van der Waals surface area contributed by atoms with Crippen LogP contribution in [0.4, 0.5) is 0 Å². The largest absolute Gasteiger partial charge is 0.457 e. The van der Waals surface area contributed by atoms with Crippen molar-refractivity contribution in [2.24, 2.45) is 5.73 Å². The molecule has 0 spiro atoms. The second-order valence-corrected chi connectivity index (χ2v) is 5.11. The van der Waals surface area contributed by atoms with Crippen molar-refractivity contribution in [3.63, 3.8) is 0 Å². The molecule has 2 rings (SSSR count). The maximum Gasteiger partial charge on any atom is 0.130 e. The van der Waals surface area contributed by atoms with Crippen LogP contribution in [0.5, 0.6) is 11.5 Å². The predicted octanol–water partition coefficient (Wildman–Crippen LogP) is 4.05. The van der Waals surface area contributed by atoms with Gasteiger partial charge in [0.2, 0.25) is 0 Å². The summed E-state index contributed by atoms with van der Waals surface area (Å²) in [6.45, 7) is 2.69. The minimum atomic E-state index is 0.654. The second kappa shape index (κ2) is 6.03. The van der Waals surface area contributed by atoms with Gasteiger partial charge in [-0.25, -0.2) is 0 Å². The van der Waals surface area contributed by atoms with Gasteiger partial charge < -0.3 is 10.5 Å². The Labute approximate surface area is 116 Å². The zero-order chi connectivity index (χ0) is 13.0. The molecule has 0 aliphatic heterocycles. The van der Waals surface area contributed by atoms with Gasteiger partial charge in [0.15, 0.2) is 0 Å². The molecule has 94 valence electrons. The lowest BCUT2D eigenvalue weighted by atomic mass is 10.1. The molecule has 0 fully saturated rings. The van der Waals surface area contributed by atoms with Gasteiger partial charge >= 0.3 is 0 Å². The normalized spacial score (nSPS) is 10.4. The molecule has 0 aromatic heterocycles. The third-order valence-electron chi connectivity index (χ3n) is 2.70. The number of benzene rings is 2. The van der Waals surface area contributed by atoms with E-state index < -0.39 is 0 Å². The minimum absolute atomic E-state index is 0.654. The van der Waals surface area contributed by atoms with E-state index in [-0.39, 0.29) is 0 Å². The number of hydrogen-bond donors (Lipinski definition) is 1. The smallest absolute Gasteiger partial charge is 0.130 e. The third kappa shape index (κ3) is 3.34. The molecule has 0 bridgehead atoms. The summed E-state index contributed by atoms with van der Waals surface area (Å²) in [6, 6.07) is 14.0. The number of ether oxygens (including phenoxy) is 1. The van der Waals surface area contributed by atoms with Crippen LogP contribution in [0.25, 0.3) is 0 Å². The number of hydrogen-bond acceptors (Lipinski definition) is 2. The lowest BCUT2D eigenvalue weighted by Gasteiger charge is -2.10. The quantitative estimate of drug-likeness (QED) is 0.925. The van der Waals surface area contributed by atoms with Crippen LogP contribution in [-0.4, -0.2) is 6.54 Å². The number of aryl methyl sites for hydroxylation is 1. The van der Waals surface area contributed by atoms with Crippen LogP contribution in [0.2, 0.25) is 0 Å². The molecule has 2 aromatic rings. The second-order valence-electron chi connectivity index (χ2n) is 4.20. The van der Waals surface area contributed by atoms with E-state index in [1.54, 1.807) is 0 Å². The van der Waals surface area contributed by atoms with Crippen molar-refractivity contribution in [2.45, 2.75) is 13.3 Å². The topological polar surface area (TPSA) is 35.2 Å². The van der Waals surface area contributed by atoms with Gasteiger partial charge in [-0.15, -0.1) is 0 Å². The Balaban J connectivity index is 2.20. The fraction of sp³-hybridized carbons (Fsp3) is 0.200. The van der Waals surface area contributed by atoms with Gasteiger partial charge in [0.1, 0.15) is 11.5 Å². The number of halogens is 1. The SMILES string of the molecule is Cc1cc(Br)ccc1Oc1cccc(CCN)c1. The summed E-state index contributed by atoms with van der Waals surface area (Å²) in [6.07, 6.45) is 0.872. The summed E-state index contributed by atoms with van der Waals surface area (Å²) in [5, 5.41) is 0. The van der Waals surface area contributed by atoms with Crippen molar-refractivity contribution in [1.82, 2.24) is 0 Å². The standard InChI is InChI=1S/C15H16BrNO/c1-11-9-13(16)5-6-15(11)18-14-4-2-3-12(10-14)7-8-17/h2-6,9-10H,7-8,17H2,1H3. The van der Waals surface area contributed by atoms with Crippen molar-refractivity contribution in [3.8, 4) is 11.5 Å². The predicted molar refractivity (Wildman–Crippen MR) is 78.2 cm³/mol. The monoisotopic (exact) mass is 305 g/mol. The summed E-state index contributed by atoms with van der Waals surface area (Å²) < 4.78 is 6.95. The fourth-order valence-electron chi connectivity index (χ4n) is 1.79. The van der Waals surface area contributed by atoms with E-state index in [1.165, 1.54) is 5.56 Å². The summed E-state index contributed by atoms with van der Waals surface area (Å²) in [4.78, 5) is 0. The Morgan fingerprint density at radius 2 is 2.00 bits per heavy atom. The van der Waals surface area contributed by atoms with Gasteiger partial charge in [0.05, 0.1) is 0 Å². The average molecular weight is 306 g/mol. The number of nitrogens with two attached hydrogens (primary N) is 1. The molecule has 0 radical (unpaired) electrons. The Hall–Kier alpha value is -1.32. The van der Waals surface area contributed by atoms with Gasteiger partial charge in [0.25, 0.3) is 0 Å². The van der Waals surface area contributed by atoms with Crippen LogP contribution in [0, 0.1) is 6.92 Å². The van der Waals surface area contributed by atoms with E-state index in [0.29, 0.717) is 6.54 Å². The van der Waals surface area contributed by atoms with Gasteiger partial charge in [-0.3, -0.25) is 0 Å². The van der Waals surface area contributed by atoms with E-state index in [9.17, 15) is 0 Å². The van der Waals surface area contributed by atoms with Crippen LogP contribution >= 0.6 is 15.9 Å². The summed E-state index contributed by atoms with van der Waals surface area (Å²) in [5.41, 5.74) is 7.86. The Kier molecular flexibility index (Phi) is 4.39. The molecule has 2 aromatic carbocycles. The summed E-state index contributed by atoms with van der Waals surface area (Å²) in [5.74, 6) is 1.73. The lowest BCUT2D eigenvalue weighted by molar-refractivity contribution is 0.478. The molecule has 0 saturated carbocycles. The molecule has 0 amide bonds. The van der Waals surface area contributed by atoms with Gasteiger partial charge in [-0.2, -0.15) is 0 Å². The van der Waals surface area contributed by atoms with Crippen molar-refractivity contribution in [3.05, 3.63) is 58.1 Å². The first-order valence-corrected chi connectivity index (χ1v) is 6.71. The third-order valence-corrected chi connectivity index (χ3v) is 3.19. The highest BCUT2D eigenvalue weighted by molar-refractivity contribution is 9.10. The van der Waals surface area contributed by atoms with Crippen LogP contribution in [0.3, 0.4) is 0 Å². The zero-order valence-electron chi connectivity index (χ0n) is 10.3. The molecule has 0 aliphatic carbocycles. The highest BCUT2D eigenvalue weighted by atomic mass is 79.9. The summed E-state index contributed by atoms with van der Waals surface area (Å²) in [7, 11) is 0.